The molecule has 11 heavy (non-hydrogen) atoms. The van der Waals surface area contributed by atoms with Gasteiger partial charge in [0.25, 0.3) is 0 Å². The molecule has 0 aromatic rings. The van der Waals surface area contributed by atoms with Crippen molar-refractivity contribution in [3.05, 3.63) is 0 Å². The van der Waals surface area contributed by atoms with E-state index in [1.807, 2.05) is 0 Å². The van der Waals surface area contributed by atoms with E-state index in [1.54, 1.807) is 0 Å². The Morgan fingerprint density at radius 3 is 2.64 bits per heavy atom. The SMILES string of the molecule is O=C(O)CC1[Se]C(=O)NC1=O. The van der Waals surface area contributed by atoms with E-state index in [1.165, 1.54) is 0 Å². The number of hydrogen-bond donors (Lipinski definition) is 2. The zero-order chi connectivity index (χ0) is 8.43. The molecule has 1 heterocycles. The fourth-order valence-corrected chi connectivity index (χ4v) is 2.39. The van der Waals surface area contributed by atoms with E-state index in [9.17, 15) is 14.4 Å². The van der Waals surface area contributed by atoms with Gasteiger partial charge in [0, 0.05) is 0 Å². The molecule has 0 radical (unpaired) electrons. The van der Waals surface area contributed by atoms with Crippen molar-refractivity contribution in [2.75, 3.05) is 0 Å². The molecule has 0 bridgehead atoms. The molecule has 1 atom stereocenters. The third kappa shape index (κ3) is 2.03. The molecule has 0 aromatic carbocycles. The van der Waals surface area contributed by atoms with Gasteiger partial charge in [0.15, 0.2) is 0 Å². The van der Waals surface area contributed by atoms with Crippen molar-refractivity contribution in [3.63, 3.8) is 0 Å². The number of aliphatic carboxylic acids is 1. The van der Waals surface area contributed by atoms with E-state index in [2.05, 4.69) is 5.32 Å². The summed E-state index contributed by atoms with van der Waals surface area (Å²) in [4.78, 5) is 30.5. The predicted molar refractivity (Wildman–Crippen MR) is 35.3 cm³/mol. The summed E-state index contributed by atoms with van der Waals surface area (Å²) < 4.78 is 0. The van der Waals surface area contributed by atoms with Crippen LogP contribution in [0, 0.1) is 0 Å². The molecule has 1 fully saturated rings. The summed E-state index contributed by atoms with van der Waals surface area (Å²) in [5.41, 5.74) is 0. The summed E-state index contributed by atoms with van der Waals surface area (Å²) in [5, 5.41) is 10.4. The third-order valence-electron chi connectivity index (χ3n) is 1.13. The van der Waals surface area contributed by atoms with E-state index in [4.69, 9.17) is 5.11 Å². The van der Waals surface area contributed by atoms with Crippen molar-refractivity contribution in [1.82, 2.24) is 5.32 Å². The first-order valence-electron chi connectivity index (χ1n) is 2.83. The molecule has 1 saturated heterocycles. The topological polar surface area (TPSA) is 83.5 Å². The Morgan fingerprint density at radius 1 is 1.64 bits per heavy atom. The Balaban J connectivity index is 2.53. The molecule has 2 N–H and O–H groups in total. The fraction of sp³-hybridized carbons (Fsp3) is 0.400. The number of nitrogens with one attached hydrogen (secondary N) is 1. The summed E-state index contributed by atoms with van der Waals surface area (Å²) in [7, 11) is 0. The van der Waals surface area contributed by atoms with Crippen LogP contribution in [-0.4, -0.2) is 36.7 Å². The van der Waals surface area contributed by atoms with E-state index < -0.39 is 31.6 Å². The maximum absolute atomic E-state index is 10.7. The molecular formula is C5H5NO4Se. The van der Waals surface area contributed by atoms with Crippen LogP contribution in [0.3, 0.4) is 0 Å². The molecule has 0 saturated carbocycles. The number of rotatable bonds is 2. The summed E-state index contributed by atoms with van der Waals surface area (Å²) in [6.07, 6.45) is -0.239. The van der Waals surface area contributed by atoms with Crippen molar-refractivity contribution in [2.24, 2.45) is 0 Å². The zero-order valence-electron chi connectivity index (χ0n) is 5.36. The van der Waals surface area contributed by atoms with Gasteiger partial charge in [-0.25, -0.2) is 0 Å². The molecular weight excluding hydrogens is 217 g/mol. The van der Waals surface area contributed by atoms with Gasteiger partial charge in [-0.1, -0.05) is 0 Å². The van der Waals surface area contributed by atoms with Crippen molar-refractivity contribution in [2.45, 2.75) is 11.2 Å². The molecule has 0 aromatic heterocycles. The van der Waals surface area contributed by atoms with Gasteiger partial charge in [-0.05, 0) is 0 Å². The average molecular weight is 222 g/mol. The number of carboxylic acid groups (broad SMARTS) is 1. The second kappa shape index (κ2) is 3.02. The Hall–Kier alpha value is -0.871. The van der Waals surface area contributed by atoms with Gasteiger partial charge in [0.2, 0.25) is 0 Å². The standard InChI is InChI=1S/C5H5NO4Se/c7-3(8)1-2-4(9)6-5(10)11-2/h2H,1H2,(H,7,8)(H,6,9,10). The predicted octanol–water partition coefficient (Wildman–Crippen LogP) is -0.796. The number of imide groups is 1. The van der Waals surface area contributed by atoms with Gasteiger partial charge < -0.3 is 0 Å². The van der Waals surface area contributed by atoms with E-state index >= 15 is 0 Å². The number of carbonyl (C=O) groups is 3. The van der Waals surface area contributed by atoms with Crippen LogP contribution < -0.4 is 5.32 Å². The third-order valence-corrected chi connectivity index (χ3v) is 3.19. The number of carbonyl (C=O) groups excluding carboxylic acids is 2. The quantitative estimate of drug-likeness (QED) is 0.599. The first-order valence-corrected chi connectivity index (χ1v) is 4.67. The normalized spacial score (nSPS) is 23.5. The van der Waals surface area contributed by atoms with Crippen molar-refractivity contribution >= 4 is 31.6 Å². The Morgan fingerprint density at radius 2 is 2.27 bits per heavy atom. The van der Waals surface area contributed by atoms with Crippen molar-refractivity contribution in [1.29, 1.82) is 0 Å². The fourth-order valence-electron chi connectivity index (χ4n) is 0.686. The molecule has 5 nitrogen and oxygen atoms in total. The Bertz CT molecular complexity index is 227. The molecule has 0 aliphatic carbocycles. The van der Waals surface area contributed by atoms with Crippen LogP contribution in [0.15, 0.2) is 0 Å². The number of carboxylic acids is 1. The minimum absolute atomic E-state index is 0.239. The molecule has 1 rings (SSSR count). The van der Waals surface area contributed by atoms with E-state index in [0.717, 1.165) is 0 Å². The van der Waals surface area contributed by atoms with Gasteiger partial charge in [0.05, 0.1) is 0 Å². The van der Waals surface area contributed by atoms with Crippen LogP contribution in [0.1, 0.15) is 6.42 Å². The van der Waals surface area contributed by atoms with Gasteiger partial charge in [0.1, 0.15) is 0 Å². The Kier molecular flexibility index (Phi) is 2.26. The van der Waals surface area contributed by atoms with Gasteiger partial charge in [-0.3, -0.25) is 0 Å². The molecule has 2 amide bonds. The zero-order valence-corrected chi connectivity index (χ0v) is 7.08. The summed E-state index contributed by atoms with van der Waals surface area (Å²) in [6, 6.07) is 0. The van der Waals surface area contributed by atoms with Crippen LogP contribution >= 0.6 is 0 Å². The summed E-state index contributed by atoms with van der Waals surface area (Å²) in [5.74, 6) is -1.49. The molecule has 1 unspecified atom stereocenters. The summed E-state index contributed by atoms with van der Waals surface area (Å²) in [6.45, 7) is 0. The van der Waals surface area contributed by atoms with Crippen LogP contribution in [0.2, 0.25) is 4.82 Å². The van der Waals surface area contributed by atoms with Gasteiger partial charge in [-0.2, -0.15) is 0 Å². The first kappa shape index (κ1) is 8.23. The monoisotopic (exact) mass is 223 g/mol. The first-order chi connectivity index (χ1) is 5.09. The number of amides is 2. The average Bonchev–Trinajstić information content (AvgIpc) is 2.09. The Labute approximate surface area is 68.3 Å². The van der Waals surface area contributed by atoms with Crippen LogP contribution in [0.25, 0.3) is 0 Å². The molecule has 6 heteroatoms. The molecule has 60 valence electrons. The van der Waals surface area contributed by atoms with E-state index in [0.29, 0.717) is 0 Å². The van der Waals surface area contributed by atoms with Gasteiger partial charge in [-0.15, -0.1) is 0 Å². The van der Waals surface area contributed by atoms with Crippen LogP contribution in [-0.2, 0) is 9.59 Å². The van der Waals surface area contributed by atoms with Crippen LogP contribution in [0.4, 0.5) is 4.79 Å². The molecule has 1 aliphatic rings. The molecule has 0 spiro atoms. The number of hydrogen-bond acceptors (Lipinski definition) is 3. The van der Waals surface area contributed by atoms with Crippen molar-refractivity contribution in [3.8, 4) is 0 Å². The molecule has 1 aliphatic heterocycles. The maximum atomic E-state index is 10.7. The second-order valence-electron chi connectivity index (χ2n) is 1.98. The minimum atomic E-state index is -1.04. The summed E-state index contributed by atoms with van der Waals surface area (Å²) >= 11 is -0.532. The van der Waals surface area contributed by atoms with E-state index in [-0.39, 0.29) is 11.2 Å². The van der Waals surface area contributed by atoms with Crippen LogP contribution in [0.5, 0.6) is 0 Å². The van der Waals surface area contributed by atoms with Gasteiger partial charge >= 0.3 is 67.7 Å². The second-order valence-corrected chi connectivity index (χ2v) is 4.45. The van der Waals surface area contributed by atoms with Crippen molar-refractivity contribution < 1.29 is 19.5 Å².